The molecule has 1 heteroatoms. The van der Waals surface area contributed by atoms with Crippen LogP contribution in [-0.4, -0.2) is 0 Å². The second kappa shape index (κ2) is 10.8. The highest BCUT2D eigenvalue weighted by Gasteiger charge is 2.16. The van der Waals surface area contributed by atoms with Crippen molar-refractivity contribution in [2.45, 2.75) is 5.33 Å². The van der Waals surface area contributed by atoms with Crippen LogP contribution in [0.3, 0.4) is 0 Å². The molecule has 0 nitrogen and oxygen atoms in total. The molecule has 0 heterocycles. The molecule has 38 heavy (non-hydrogen) atoms. The summed E-state index contributed by atoms with van der Waals surface area (Å²) >= 11 is 3.82. The minimum Gasteiger partial charge on any atom is -0.0876 e. The second-order valence-electron chi connectivity index (χ2n) is 9.11. The van der Waals surface area contributed by atoms with E-state index in [1.165, 1.54) is 38.2 Å². The van der Waals surface area contributed by atoms with Gasteiger partial charge in [-0.05, 0) is 80.7 Å². The normalized spacial score (nSPS) is 10.4. The molecule has 0 atom stereocenters. The molecule has 0 aliphatic heterocycles. The Morgan fingerprint density at radius 1 is 0.474 bits per heavy atom. The van der Waals surface area contributed by atoms with E-state index in [0.29, 0.717) is 5.33 Å². The molecular formula is C37H23Br. The van der Waals surface area contributed by atoms with Gasteiger partial charge in [-0.3, -0.25) is 0 Å². The largest absolute Gasteiger partial charge is 0.0876 e. The Balaban J connectivity index is 1.63. The maximum Gasteiger partial charge on any atom is 0.0302 e. The van der Waals surface area contributed by atoms with E-state index < -0.39 is 0 Å². The second-order valence-corrected chi connectivity index (χ2v) is 9.67. The van der Waals surface area contributed by atoms with E-state index in [4.69, 9.17) is 0 Å². The van der Waals surface area contributed by atoms with Crippen molar-refractivity contribution in [2.24, 2.45) is 0 Å². The average molecular weight is 547 g/mol. The van der Waals surface area contributed by atoms with Crippen LogP contribution in [0.5, 0.6) is 0 Å². The molecule has 0 amide bonds. The molecule has 0 N–H and O–H groups in total. The minimum atomic E-state index is 0.695. The first kappa shape index (κ1) is 23.8. The van der Waals surface area contributed by atoms with E-state index in [-0.39, 0.29) is 0 Å². The zero-order chi connectivity index (χ0) is 25.7. The predicted octanol–water partition coefficient (Wildman–Crippen LogP) is 9.35. The van der Waals surface area contributed by atoms with Gasteiger partial charge in [0.05, 0.1) is 0 Å². The Labute approximate surface area is 232 Å². The maximum absolute atomic E-state index is 3.82. The van der Waals surface area contributed by atoms with Gasteiger partial charge in [-0.25, -0.2) is 0 Å². The van der Waals surface area contributed by atoms with Crippen LogP contribution < -0.4 is 0 Å². The third-order valence-electron chi connectivity index (χ3n) is 6.66. The number of halogens is 1. The van der Waals surface area contributed by atoms with Gasteiger partial charge in [0.15, 0.2) is 0 Å². The predicted molar refractivity (Wildman–Crippen MR) is 164 cm³/mol. The highest BCUT2D eigenvalue weighted by molar-refractivity contribution is 9.08. The van der Waals surface area contributed by atoms with Crippen molar-refractivity contribution in [3.8, 4) is 34.8 Å². The fourth-order valence-corrected chi connectivity index (χ4v) is 5.45. The first-order chi connectivity index (χ1) is 18.8. The Kier molecular flexibility index (Phi) is 6.78. The van der Waals surface area contributed by atoms with Crippen molar-refractivity contribution in [1.29, 1.82) is 0 Å². The summed E-state index contributed by atoms with van der Waals surface area (Å²) in [5.74, 6) is 13.6. The van der Waals surface area contributed by atoms with Crippen LogP contribution in [0.4, 0.5) is 0 Å². The molecule has 0 radical (unpaired) electrons. The molecule has 0 bridgehead atoms. The average Bonchev–Trinajstić information content (AvgIpc) is 2.99. The molecule has 6 rings (SSSR count). The van der Waals surface area contributed by atoms with Gasteiger partial charge < -0.3 is 0 Å². The summed E-state index contributed by atoms with van der Waals surface area (Å²) in [4.78, 5) is 0. The zero-order valence-electron chi connectivity index (χ0n) is 20.7. The summed E-state index contributed by atoms with van der Waals surface area (Å²) in [6.45, 7) is 0. The maximum atomic E-state index is 3.82. The van der Waals surface area contributed by atoms with Crippen molar-refractivity contribution in [3.05, 3.63) is 155 Å². The Hall–Kier alpha value is -4.56. The molecular weight excluding hydrogens is 524 g/mol. The standard InChI is InChI=1S/C37H23Br/c38-26-36-32(22-21-28-13-5-2-6-14-28)25-31-16-8-10-18-34(31)37(36)35-24-29(20-19-27-11-3-1-4-12-27)23-30-15-7-9-17-33(30)35/h1-18,23-25H,26H2. The lowest BCUT2D eigenvalue weighted by molar-refractivity contribution is 1.42. The van der Waals surface area contributed by atoms with Gasteiger partial charge in [-0.1, -0.05) is 125 Å². The van der Waals surface area contributed by atoms with E-state index in [1.807, 2.05) is 60.7 Å². The molecule has 0 unspecified atom stereocenters. The number of benzene rings is 6. The van der Waals surface area contributed by atoms with Crippen LogP contribution in [0.15, 0.2) is 127 Å². The monoisotopic (exact) mass is 546 g/mol. The lowest BCUT2D eigenvalue weighted by Crippen LogP contribution is -1.96. The number of fused-ring (bicyclic) bond motifs is 2. The third-order valence-corrected chi connectivity index (χ3v) is 7.22. The molecule has 6 aromatic rings. The number of hydrogen-bond donors (Lipinski definition) is 0. The third kappa shape index (κ3) is 4.86. The smallest absolute Gasteiger partial charge is 0.0302 e. The van der Waals surface area contributed by atoms with Gasteiger partial charge in [0.25, 0.3) is 0 Å². The molecule has 0 fully saturated rings. The SMILES string of the molecule is BrCc1c(C#Cc2ccccc2)cc2ccccc2c1-c1cc(C#Cc2ccccc2)cc2ccccc12. The van der Waals surface area contributed by atoms with Gasteiger partial charge in [0, 0.05) is 27.6 Å². The van der Waals surface area contributed by atoms with Crippen LogP contribution in [0, 0.1) is 23.7 Å². The van der Waals surface area contributed by atoms with E-state index in [0.717, 1.165) is 22.3 Å². The topological polar surface area (TPSA) is 0 Å². The molecule has 0 spiro atoms. The zero-order valence-corrected chi connectivity index (χ0v) is 22.3. The van der Waals surface area contributed by atoms with E-state index in [2.05, 4.69) is 106 Å². The Morgan fingerprint density at radius 2 is 1.00 bits per heavy atom. The van der Waals surface area contributed by atoms with Gasteiger partial charge in [-0.15, -0.1) is 0 Å². The molecule has 0 saturated heterocycles. The van der Waals surface area contributed by atoms with Crippen molar-refractivity contribution in [2.75, 3.05) is 0 Å². The number of alkyl halides is 1. The fraction of sp³-hybridized carbons (Fsp3) is 0.0270. The van der Waals surface area contributed by atoms with Crippen molar-refractivity contribution in [1.82, 2.24) is 0 Å². The van der Waals surface area contributed by atoms with Crippen LogP contribution in [-0.2, 0) is 5.33 Å². The lowest BCUT2D eigenvalue weighted by Gasteiger charge is -2.17. The van der Waals surface area contributed by atoms with Crippen molar-refractivity contribution in [3.63, 3.8) is 0 Å². The summed E-state index contributed by atoms with van der Waals surface area (Å²) in [5.41, 5.74) is 7.60. The Bertz CT molecular complexity index is 1890. The first-order valence-corrected chi connectivity index (χ1v) is 13.7. The summed E-state index contributed by atoms with van der Waals surface area (Å²) in [7, 11) is 0. The van der Waals surface area contributed by atoms with Gasteiger partial charge in [0.1, 0.15) is 0 Å². The van der Waals surface area contributed by atoms with Crippen LogP contribution in [0.25, 0.3) is 32.7 Å². The van der Waals surface area contributed by atoms with E-state index in [9.17, 15) is 0 Å². The van der Waals surface area contributed by atoms with E-state index in [1.54, 1.807) is 0 Å². The lowest BCUT2D eigenvalue weighted by atomic mass is 9.87. The summed E-state index contributed by atoms with van der Waals surface area (Å²) < 4.78 is 0. The quantitative estimate of drug-likeness (QED) is 0.150. The summed E-state index contributed by atoms with van der Waals surface area (Å²) in [5, 5.41) is 5.46. The van der Waals surface area contributed by atoms with Crippen LogP contribution >= 0.6 is 15.9 Å². The molecule has 178 valence electrons. The van der Waals surface area contributed by atoms with Crippen molar-refractivity contribution >= 4 is 37.5 Å². The number of hydrogen-bond acceptors (Lipinski definition) is 0. The molecule has 0 saturated carbocycles. The highest BCUT2D eigenvalue weighted by Crippen LogP contribution is 2.40. The van der Waals surface area contributed by atoms with Crippen molar-refractivity contribution < 1.29 is 0 Å². The number of rotatable bonds is 2. The van der Waals surface area contributed by atoms with Gasteiger partial charge in [-0.2, -0.15) is 0 Å². The molecule has 0 aliphatic carbocycles. The Morgan fingerprint density at radius 3 is 1.66 bits per heavy atom. The molecule has 0 aliphatic rings. The molecule has 0 aromatic heterocycles. The summed E-state index contributed by atoms with van der Waals surface area (Å²) in [6.07, 6.45) is 0. The summed E-state index contributed by atoms with van der Waals surface area (Å²) in [6, 6.07) is 44.1. The van der Waals surface area contributed by atoms with Crippen LogP contribution in [0.1, 0.15) is 27.8 Å². The first-order valence-electron chi connectivity index (χ1n) is 12.6. The van der Waals surface area contributed by atoms with Gasteiger partial charge in [0.2, 0.25) is 0 Å². The fourth-order valence-electron chi connectivity index (χ4n) is 4.86. The molecule has 6 aromatic carbocycles. The van der Waals surface area contributed by atoms with Gasteiger partial charge >= 0.3 is 0 Å². The minimum absolute atomic E-state index is 0.695. The van der Waals surface area contributed by atoms with E-state index >= 15 is 0 Å². The van der Waals surface area contributed by atoms with Crippen LogP contribution in [0.2, 0.25) is 0 Å². The highest BCUT2D eigenvalue weighted by atomic mass is 79.9.